The first kappa shape index (κ1) is 20.2. The molecule has 5 rings (SSSR count). The zero-order chi connectivity index (χ0) is 22.0. The molecule has 3 aliphatic rings. The molecule has 1 fully saturated rings. The van der Waals surface area contributed by atoms with Crippen LogP contribution in [0.5, 0.6) is 0 Å². The molecule has 2 aromatic heterocycles. The summed E-state index contributed by atoms with van der Waals surface area (Å²) in [7, 11) is -5.57. The second-order valence-electron chi connectivity index (χ2n) is 7.55. The van der Waals surface area contributed by atoms with Crippen LogP contribution in [-0.4, -0.2) is 73.4 Å². The van der Waals surface area contributed by atoms with Gasteiger partial charge in [-0.1, -0.05) is 6.08 Å². The van der Waals surface area contributed by atoms with Crippen molar-refractivity contribution < 1.29 is 26.3 Å². The summed E-state index contributed by atoms with van der Waals surface area (Å²) in [6.45, 7) is 3.45. The van der Waals surface area contributed by atoms with E-state index in [9.17, 15) is 21.6 Å². The summed E-state index contributed by atoms with van der Waals surface area (Å²) in [5, 5.41) is 4.51. The topological polar surface area (TPSA) is 92.9 Å². The van der Waals surface area contributed by atoms with Crippen LogP contribution >= 0.6 is 0 Å². The lowest BCUT2D eigenvalue weighted by Gasteiger charge is -2.35. The van der Waals surface area contributed by atoms with E-state index in [0.29, 0.717) is 47.8 Å². The number of hydrogen-bond donors (Lipinski definition) is 0. The van der Waals surface area contributed by atoms with Crippen LogP contribution < -0.4 is 9.21 Å². The number of pyridine rings is 1. The molecule has 2 aromatic rings. The minimum absolute atomic E-state index is 0.00940. The number of rotatable bonds is 2. The molecular formula is C18H19F3N6O3S. The number of halogens is 3. The van der Waals surface area contributed by atoms with Crippen LogP contribution in [0.4, 0.5) is 24.7 Å². The van der Waals surface area contributed by atoms with Gasteiger partial charge in [-0.3, -0.25) is 9.30 Å². The summed E-state index contributed by atoms with van der Waals surface area (Å²) in [6, 6.07) is -0.0730. The van der Waals surface area contributed by atoms with Crippen LogP contribution in [-0.2, 0) is 21.2 Å². The van der Waals surface area contributed by atoms with E-state index in [1.165, 1.54) is 10.9 Å². The van der Waals surface area contributed by atoms with Gasteiger partial charge < -0.3 is 9.64 Å². The number of aromatic nitrogens is 3. The van der Waals surface area contributed by atoms with Gasteiger partial charge in [0.1, 0.15) is 5.82 Å². The van der Waals surface area contributed by atoms with Gasteiger partial charge in [-0.05, 0) is 19.4 Å². The number of alkyl halides is 3. The summed E-state index contributed by atoms with van der Waals surface area (Å²) >= 11 is 0. The molecule has 0 bridgehead atoms. The highest BCUT2D eigenvalue weighted by Crippen LogP contribution is 2.44. The summed E-state index contributed by atoms with van der Waals surface area (Å²) in [6.07, 6.45) is 5.04. The van der Waals surface area contributed by atoms with Crippen LogP contribution in [0.2, 0.25) is 0 Å². The first-order chi connectivity index (χ1) is 14.7. The highest BCUT2D eigenvalue weighted by molar-refractivity contribution is 7.93. The summed E-state index contributed by atoms with van der Waals surface area (Å²) in [5.74, 6) is 0.953. The largest absolute Gasteiger partial charge is 0.516 e. The van der Waals surface area contributed by atoms with E-state index < -0.39 is 15.5 Å². The number of allylic oxidation sites excluding steroid dienone is 1. The standard InChI is InChI=1S/C18H19F3N6O3S/c1-11-10-30-8-7-25(11)16-12-4-6-26(31(28,29)18(19,20)21)15(12)13-9-23-27(17(13)24-16)14-3-2-5-22-14/h2-3,9,11H,4-8,10H2,1H3/t11-/m1/s1. The first-order valence-electron chi connectivity index (χ1n) is 9.75. The molecule has 0 spiro atoms. The van der Waals surface area contributed by atoms with Gasteiger partial charge in [-0.25, -0.2) is 4.98 Å². The lowest BCUT2D eigenvalue weighted by Crippen LogP contribution is -2.44. The molecule has 31 heavy (non-hydrogen) atoms. The fourth-order valence-electron chi connectivity index (χ4n) is 4.20. The Bertz CT molecular complexity index is 1220. The van der Waals surface area contributed by atoms with Crippen LogP contribution in [0, 0.1) is 0 Å². The van der Waals surface area contributed by atoms with Gasteiger partial charge in [0.05, 0.1) is 43.1 Å². The normalized spacial score (nSPS) is 21.8. The van der Waals surface area contributed by atoms with Crippen molar-refractivity contribution in [1.29, 1.82) is 0 Å². The van der Waals surface area contributed by atoms with Crippen molar-refractivity contribution in [2.24, 2.45) is 4.99 Å². The Morgan fingerprint density at radius 2 is 2.06 bits per heavy atom. The van der Waals surface area contributed by atoms with Gasteiger partial charge in [0.15, 0.2) is 11.5 Å². The molecule has 0 saturated carbocycles. The van der Waals surface area contributed by atoms with E-state index in [2.05, 4.69) is 10.1 Å². The number of morpholine rings is 1. The van der Waals surface area contributed by atoms with Gasteiger partial charge in [0.2, 0.25) is 0 Å². The van der Waals surface area contributed by atoms with E-state index in [4.69, 9.17) is 9.72 Å². The van der Waals surface area contributed by atoms with Gasteiger partial charge in [-0.2, -0.15) is 31.4 Å². The molecule has 3 aliphatic heterocycles. The maximum absolute atomic E-state index is 13.4. The van der Waals surface area contributed by atoms with Crippen molar-refractivity contribution in [3.63, 3.8) is 0 Å². The van der Waals surface area contributed by atoms with Crippen LogP contribution in [0.15, 0.2) is 23.3 Å². The molecular weight excluding hydrogens is 437 g/mol. The highest BCUT2D eigenvalue weighted by atomic mass is 32.2. The van der Waals surface area contributed by atoms with Crippen molar-refractivity contribution >= 4 is 38.4 Å². The molecule has 1 atom stereocenters. The van der Waals surface area contributed by atoms with E-state index >= 15 is 0 Å². The second kappa shape index (κ2) is 6.92. The molecule has 0 N–H and O–H groups in total. The Morgan fingerprint density at radius 1 is 1.26 bits per heavy atom. The van der Waals surface area contributed by atoms with Crippen molar-refractivity contribution in [3.05, 3.63) is 23.9 Å². The van der Waals surface area contributed by atoms with E-state index in [0.717, 1.165) is 0 Å². The highest BCUT2D eigenvalue weighted by Gasteiger charge is 2.52. The molecule has 0 aromatic carbocycles. The molecule has 166 valence electrons. The quantitative estimate of drug-likeness (QED) is 0.683. The Labute approximate surface area is 175 Å². The van der Waals surface area contributed by atoms with Gasteiger partial charge in [0.25, 0.3) is 0 Å². The number of anilines is 2. The zero-order valence-corrected chi connectivity index (χ0v) is 17.3. The first-order valence-corrected chi connectivity index (χ1v) is 11.2. The zero-order valence-electron chi connectivity index (χ0n) is 16.5. The van der Waals surface area contributed by atoms with Crippen LogP contribution in [0.25, 0.3) is 11.0 Å². The number of ether oxygens (including phenoxy) is 1. The van der Waals surface area contributed by atoms with Crippen LogP contribution in [0.3, 0.4) is 0 Å². The Morgan fingerprint density at radius 3 is 2.74 bits per heavy atom. The third-order valence-electron chi connectivity index (χ3n) is 5.65. The van der Waals surface area contributed by atoms with Gasteiger partial charge >= 0.3 is 15.5 Å². The summed E-state index contributed by atoms with van der Waals surface area (Å²) in [4.78, 5) is 11.0. The van der Waals surface area contributed by atoms with E-state index in [-0.39, 0.29) is 35.7 Å². The second-order valence-corrected chi connectivity index (χ2v) is 9.40. The summed E-state index contributed by atoms with van der Waals surface area (Å²) < 4.78 is 72.4. The maximum Gasteiger partial charge on any atom is 0.516 e. The van der Waals surface area contributed by atoms with Crippen LogP contribution in [0.1, 0.15) is 12.5 Å². The van der Waals surface area contributed by atoms with Crippen molar-refractivity contribution in [2.75, 3.05) is 42.1 Å². The van der Waals surface area contributed by atoms with Crippen molar-refractivity contribution in [3.8, 4) is 0 Å². The third kappa shape index (κ3) is 3.01. The summed E-state index contributed by atoms with van der Waals surface area (Å²) in [5.41, 5.74) is -4.69. The minimum atomic E-state index is -5.57. The predicted molar refractivity (Wildman–Crippen MR) is 108 cm³/mol. The number of hydrogen-bond acceptors (Lipinski definition) is 7. The number of nitrogens with zero attached hydrogens (tertiary/aromatic N) is 6. The molecule has 0 radical (unpaired) electrons. The lowest BCUT2D eigenvalue weighted by atomic mass is 10.1. The lowest BCUT2D eigenvalue weighted by molar-refractivity contribution is -0.0437. The smallest absolute Gasteiger partial charge is 0.377 e. The molecule has 1 saturated heterocycles. The molecule has 0 amide bonds. The fraction of sp³-hybridized carbons (Fsp3) is 0.500. The molecule has 0 unspecified atom stereocenters. The van der Waals surface area contributed by atoms with Gasteiger partial charge in [-0.15, -0.1) is 0 Å². The van der Waals surface area contributed by atoms with Crippen molar-refractivity contribution in [2.45, 2.75) is 24.9 Å². The third-order valence-corrected chi connectivity index (χ3v) is 7.18. The monoisotopic (exact) mass is 456 g/mol. The Hall–Kier alpha value is -2.67. The average molecular weight is 456 g/mol. The minimum Gasteiger partial charge on any atom is -0.377 e. The SMILES string of the molecule is C[C@@H]1COCCN1c1nc2c(cnn2C2=NCC=C2)c2c1CCN2S(=O)(=O)C(F)(F)F. The van der Waals surface area contributed by atoms with E-state index in [1.54, 1.807) is 6.08 Å². The maximum atomic E-state index is 13.4. The molecule has 5 heterocycles. The van der Waals surface area contributed by atoms with Crippen molar-refractivity contribution in [1.82, 2.24) is 14.8 Å². The number of sulfonamides is 1. The number of aliphatic imine (C=N–C) groups is 1. The number of fused-ring (bicyclic) bond motifs is 3. The predicted octanol–water partition coefficient (Wildman–Crippen LogP) is 1.68. The average Bonchev–Trinajstić information content (AvgIpc) is 3.45. The Kier molecular flexibility index (Phi) is 4.52. The molecule has 0 aliphatic carbocycles. The van der Waals surface area contributed by atoms with Gasteiger partial charge in [0, 0.05) is 18.7 Å². The fourth-order valence-corrected chi connectivity index (χ4v) is 5.23. The molecule has 13 heteroatoms. The molecule has 9 nitrogen and oxygen atoms in total. The Balaban J connectivity index is 1.77. The van der Waals surface area contributed by atoms with E-state index in [1.807, 2.05) is 17.9 Å².